The summed E-state index contributed by atoms with van der Waals surface area (Å²) in [5, 5.41) is 9.70. The van der Waals surface area contributed by atoms with Crippen molar-refractivity contribution >= 4 is 11.6 Å². The molecule has 0 aromatic heterocycles. The van der Waals surface area contributed by atoms with Gasteiger partial charge in [0.25, 0.3) is 0 Å². The molecule has 150 valence electrons. The lowest BCUT2D eigenvalue weighted by Gasteiger charge is -2.24. The average molecular weight is 383 g/mol. The minimum absolute atomic E-state index is 0.201. The highest BCUT2D eigenvalue weighted by atomic mass is 16.5. The molecule has 5 nitrogen and oxygen atoms in total. The number of aliphatic hydroxyl groups excluding tert-OH is 1. The average Bonchev–Trinajstić information content (AvgIpc) is 3.20. The van der Waals surface area contributed by atoms with Crippen molar-refractivity contribution in [2.75, 3.05) is 41.0 Å². The van der Waals surface area contributed by atoms with Crippen LogP contribution in [0.4, 0.5) is 0 Å². The molecular formula is C23H29NO4. The van der Waals surface area contributed by atoms with Gasteiger partial charge in [-0.25, -0.2) is 0 Å². The molecule has 28 heavy (non-hydrogen) atoms. The molecule has 0 radical (unpaired) electrons. The number of rotatable bonds is 8. The number of nitrogens with zero attached hydrogens (tertiary/aromatic N) is 1. The molecule has 1 fully saturated rings. The third-order valence-electron chi connectivity index (χ3n) is 5.29. The molecule has 2 aromatic rings. The maximum absolute atomic E-state index is 9.70. The van der Waals surface area contributed by atoms with Crippen LogP contribution in [0.15, 0.2) is 42.5 Å². The van der Waals surface area contributed by atoms with Crippen LogP contribution in [0.2, 0.25) is 0 Å². The Morgan fingerprint density at radius 3 is 2.43 bits per heavy atom. The quantitative estimate of drug-likeness (QED) is 0.705. The Hall–Kier alpha value is -2.50. The number of methoxy groups -OCH3 is 3. The van der Waals surface area contributed by atoms with Crippen molar-refractivity contribution in [1.82, 2.24) is 4.90 Å². The van der Waals surface area contributed by atoms with E-state index in [1.165, 1.54) is 5.57 Å². The number of aliphatic hydroxyl groups is 1. The zero-order valence-corrected chi connectivity index (χ0v) is 16.9. The van der Waals surface area contributed by atoms with Crippen molar-refractivity contribution in [3.63, 3.8) is 0 Å². The van der Waals surface area contributed by atoms with Crippen LogP contribution in [0.1, 0.15) is 24.0 Å². The molecule has 1 aliphatic heterocycles. The van der Waals surface area contributed by atoms with Gasteiger partial charge in [0.1, 0.15) is 5.75 Å². The zero-order valence-electron chi connectivity index (χ0n) is 16.9. The van der Waals surface area contributed by atoms with Crippen LogP contribution in [-0.4, -0.2) is 57.1 Å². The summed E-state index contributed by atoms with van der Waals surface area (Å²) in [6.45, 7) is 1.99. The largest absolute Gasteiger partial charge is 0.497 e. The van der Waals surface area contributed by atoms with Gasteiger partial charge in [-0.2, -0.15) is 0 Å². The third kappa shape index (κ3) is 4.66. The molecule has 2 aromatic carbocycles. The first-order chi connectivity index (χ1) is 13.7. The van der Waals surface area contributed by atoms with E-state index in [-0.39, 0.29) is 12.6 Å². The molecule has 3 rings (SSSR count). The molecule has 0 spiro atoms. The highest BCUT2D eigenvalue weighted by molar-refractivity contribution is 5.83. The molecule has 1 heterocycles. The van der Waals surface area contributed by atoms with Crippen molar-refractivity contribution in [2.45, 2.75) is 18.9 Å². The molecule has 0 aliphatic carbocycles. The SMILES string of the molecule is COc1ccc(C(=Cc2ccc(OC)c(OC)c2)CN2CCCC2CO)cc1. The summed E-state index contributed by atoms with van der Waals surface area (Å²) in [7, 11) is 4.95. The van der Waals surface area contributed by atoms with E-state index in [9.17, 15) is 5.11 Å². The van der Waals surface area contributed by atoms with Crippen LogP contribution in [0.5, 0.6) is 17.2 Å². The zero-order chi connectivity index (χ0) is 19.9. The molecule has 5 heteroatoms. The van der Waals surface area contributed by atoms with Gasteiger partial charge in [0.15, 0.2) is 11.5 Å². The van der Waals surface area contributed by atoms with Gasteiger partial charge in [0.2, 0.25) is 0 Å². The first kappa shape index (κ1) is 20.2. The molecule has 0 bridgehead atoms. The van der Waals surface area contributed by atoms with Crippen LogP contribution < -0.4 is 14.2 Å². The van der Waals surface area contributed by atoms with E-state index in [2.05, 4.69) is 23.1 Å². The van der Waals surface area contributed by atoms with Crippen LogP contribution in [0, 0.1) is 0 Å². The molecule has 1 unspecified atom stereocenters. The van der Waals surface area contributed by atoms with Gasteiger partial charge in [-0.05, 0) is 66.4 Å². The molecule has 1 atom stereocenters. The summed E-state index contributed by atoms with van der Waals surface area (Å²) in [4.78, 5) is 2.36. The standard InChI is InChI=1S/C23H29NO4/c1-26-21-9-7-18(8-10-21)19(15-24-12-4-5-20(24)16-25)13-17-6-11-22(27-2)23(14-17)28-3/h6-11,13-14,20,25H,4-5,12,15-16H2,1-3H3. The summed E-state index contributed by atoms with van der Waals surface area (Å²) in [6.07, 6.45) is 4.34. The Bertz CT molecular complexity index is 801. The fourth-order valence-corrected chi connectivity index (χ4v) is 3.70. The molecule has 1 saturated heterocycles. The summed E-state index contributed by atoms with van der Waals surface area (Å²) in [5.41, 5.74) is 3.37. The highest BCUT2D eigenvalue weighted by Crippen LogP contribution is 2.31. The van der Waals surface area contributed by atoms with Crippen molar-refractivity contribution in [3.05, 3.63) is 53.6 Å². The van der Waals surface area contributed by atoms with E-state index in [1.807, 2.05) is 30.3 Å². The first-order valence-corrected chi connectivity index (χ1v) is 9.60. The van der Waals surface area contributed by atoms with Crippen LogP contribution >= 0.6 is 0 Å². The number of hydrogen-bond acceptors (Lipinski definition) is 5. The molecule has 0 amide bonds. The van der Waals surface area contributed by atoms with Crippen molar-refractivity contribution in [2.24, 2.45) is 0 Å². The second-order valence-electron chi connectivity index (χ2n) is 6.96. The summed E-state index contributed by atoms with van der Waals surface area (Å²) in [5.74, 6) is 2.26. The van der Waals surface area contributed by atoms with Crippen LogP contribution in [-0.2, 0) is 0 Å². The predicted octanol–water partition coefficient (Wildman–Crippen LogP) is 3.71. The van der Waals surface area contributed by atoms with Crippen molar-refractivity contribution in [1.29, 1.82) is 0 Å². The number of likely N-dealkylation sites (tertiary alicyclic amines) is 1. The first-order valence-electron chi connectivity index (χ1n) is 9.60. The van der Waals surface area contributed by atoms with E-state index in [0.29, 0.717) is 11.5 Å². The number of benzene rings is 2. The summed E-state index contributed by atoms with van der Waals surface area (Å²) >= 11 is 0. The molecule has 1 aliphatic rings. The Labute approximate surface area is 167 Å². The van der Waals surface area contributed by atoms with E-state index >= 15 is 0 Å². The van der Waals surface area contributed by atoms with Gasteiger partial charge in [-0.3, -0.25) is 4.90 Å². The van der Waals surface area contributed by atoms with E-state index < -0.39 is 0 Å². The maximum atomic E-state index is 9.70. The second-order valence-corrected chi connectivity index (χ2v) is 6.96. The summed E-state index contributed by atoms with van der Waals surface area (Å²) in [6, 6.07) is 14.3. The van der Waals surface area contributed by atoms with Crippen LogP contribution in [0.3, 0.4) is 0 Å². The lowest BCUT2D eigenvalue weighted by atomic mass is 10.0. The Balaban J connectivity index is 1.95. The topological polar surface area (TPSA) is 51.2 Å². The molecular weight excluding hydrogens is 354 g/mol. The fraction of sp³-hybridized carbons (Fsp3) is 0.391. The fourth-order valence-electron chi connectivity index (χ4n) is 3.70. The molecule has 1 N–H and O–H groups in total. The second kappa shape index (κ2) is 9.62. The lowest BCUT2D eigenvalue weighted by Crippen LogP contribution is -2.33. The normalized spacial score (nSPS) is 17.6. The number of ether oxygens (including phenoxy) is 3. The Kier molecular flexibility index (Phi) is 6.95. The Morgan fingerprint density at radius 2 is 1.79 bits per heavy atom. The van der Waals surface area contributed by atoms with Gasteiger partial charge >= 0.3 is 0 Å². The third-order valence-corrected chi connectivity index (χ3v) is 5.29. The number of hydrogen-bond donors (Lipinski definition) is 1. The maximum Gasteiger partial charge on any atom is 0.161 e. The monoisotopic (exact) mass is 383 g/mol. The van der Waals surface area contributed by atoms with Crippen LogP contribution in [0.25, 0.3) is 11.6 Å². The van der Waals surface area contributed by atoms with Gasteiger partial charge in [0.05, 0.1) is 27.9 Å². The smallest absolute Gasteiger partial charge is 0.161 e. The summed E-state index contributed by atoms with van der Waals surface area (Å²) < 4.78 is 16.1. The minimum atomic E-state index is 0.201. The minimum Gasteiger partial charge on any atom is -0.497 e. The van der Waals surface area contributed by atoms with Gasteiger partial charge < -0.3 is 19.3 Å². The van der Waals surface area contributed by atoms with Crippen molar-refractivity contribution < 1.29 is 19.3 Å². The van der Waals surface area contributed by atoms with Gasteiger partial charge in [-0.1, -0.05) is 18.2 Å². The van der Waals surface area contributed by atoms with E-state index in [1.54, 1.807) is 21.3 Å². The molecule has 0 saturated carbocycles. The van der Waals surface area contributed by atoms with Crippen molar-refractivity contribution in [3.8, 4) is 17.2 Å². The Morgan fingerprint density at radius 1 is 1.04 bits per heavy atom. The predicted molar refractivity (Wildman–Crippen MR) is 112 cm³/mol. The van der Waals surface area contributed by atoms with E-state index in [4.69, 9.17) is 14.2 Å². The highest BCUT2D eigenvalue weighted by Gasteiger charge is 2.24. The van der Waals surface area contributed by atoms with Gasteiger partial charge in [-0.15, -0.1) is 0 Å². The lowest BCUT2D eigenvalue weighted by molar-refractivity contribution is 0.172. The van der Waals surface area contributed by atoms with Gasteiger partial charge in [0, 0.05) is 12.6 Å². The van der Waals surface area contributed by atoms with E-state index in [0.717, 1.165) is 42.8 Å².